The van der Waals surface area contributed by atoms with Crippen LogP contribution in [0, 0.1) is 5.92 Å². The van der Waals surface area contributed by atoms with Gasteiger partial charge in [0.15, 0.2) is 0 Å². The van der Waals surface area contributed by atoms with Crippen molar-refractivity contribution in [3.8, 4) is 0 Å². The molecule has 152 valence electrons. The molecule has 0 aromatic heterocycles. The molecule has 0 aromatic carbocycles. The van der Waals surface area contributed by atoms with E-state index in [1.807, 2.05) is 0 Å². The molecule has 3 amide bonds. The summed E-state index contributed by atoms with van der Waals surface area (Å²) in [4.78, 5) is 47.0. The van der Waals surface area contributed by atoms with Crippen molar-refractivity contribution in [2.75, 3.05) is 19.7 Å². The van der Waals surface area contributed by atoms with Gasteiger partial charge in [0.1, 0.15) is 12.1 Å². The number of nitrogens with one attached hydrogen (secondary N) is 3. The highest BCUT2D eigenvalue weighted by Gasteiger charge is 2.27. The average molecular weight is 383 g/mol. The first kappa shape index (κ1) is 22.5. The minimum absolute atomic E-state index is 0.0781. The lowest BCUT2D eigenvalue weighted by Crippen LogP contribution is -2.43. The highest BCUT2D eigenvalue weighted by atomic mass is 16.6. The first-order valence-corrected chi connectivity index (χ1v) is 8.99. The molecule has 9 nitrogen and oxygen atoms in total. The van der Waals surface area contributed by atoms with Gasteiger partial charge in [-0.3, -0.25) is 9.59 Å². The van der Waals surface area contributed by atoms with Gasteiger partial charge >= 0.3 is 12.1 Å². The Morgan fingerprint density at radius 2 is 2.04 bits per heavy atom. The maximum Gasteiger partial charge on any atom is 0.408 e. The van der Waals surface area contributed by atoms with Crippen molar-refractivity contribution in [2.24, 2.45) is 5.92 Å². The van der Waals surface area contributed by atoms with E-state index in [9.17, 15) is 19.2 Å². The first-order valence-electron chi connectivity index (χ1n) is 8.99. The van der Waals surface area contributed by atoms with E-state index in [1.54, 1.807) is 27.7 Å². The first-order chi connectivity index (χ1) is 12.6. The molecule has 0 unspecified atom stereocenters. The van der Waals surface area contributed by atoms with Crippen molar-refractivity contribution in [1.82, 2.24) is 16.0 Å². The Morgan fingerprint density at radius 3 is 2.59 bits per heavy atom. The normalized spacial score (nSPS) is 17.9. The summed E-state index contributed by atoms with van der Waals surface area (Å²) in [6.07, 6.45) is 3.03. The largest absolute Gasteiger partial charge is 0.463 e. The van der Waals surface area contributed by atoms with Gasteiger partial charge in [-0.2, -0.15) is 0 Å². The zero-order valence-electron chi connectivity index (χ0n) is 16.3. The third-order valence-corrected chi connectivity index (χ3v) is 3.59. The summed E-state index contributed by atoms with van der Waals surface area (Å²) in [5.74, 6) is -1.32. The molecule has 1 aliphatic rings. The monoisotopic (exact) mass is 383 g/mol. The SMILES string of the molecule is CCOC(=O)/C=C/[C@H](C[C@@H]1CCNC1=O)NC(=O)CNC(=O)OC(C)(C)C. The standard InChI is InChI=1S/C18H29N3O6/c1-5-26-15(23)7-6-13(10-12-8-9-19-16(12)24)21-14(22)11-20-17(25)27-18(2,3)4/h6-7,12-13H,5,8-11H2,1-4H3,(H,19,24)(H,20,25)(H,21,22)/b7-6+/t12-,13+/m0/s1. The van der Waals surface area contributed by atoms with Crippen molar-refractivity contribution in [2.45, 2.75) is 52.2 Å². The van der Waals surface area contributed by atoms with Gasteiger partial charge in [-0.15, -0.1) is 0 Å². The smallest absolute Gasteiger partial charge is 0.408 e. The van der Waals surface area contributed by atoms with E-state index < -0.39 is 29.6 Å². The summed E-state index contributed by atoms with van der Waals surface area (Å²) in [6.45, 7) is 7.39. The zero-order valence-corrected chi connectivity index (χ0v) is 16.3. The van der Waals surface area contributed by atoms with Crippen LogP contribution in [0.2, 0.25) is 0 Å². The third-order valence-electron chi connectivity index (χ3n) is 3.59. The average Bonchev–Trinajstić information content (AvgIpc) is 2.94. The third kappa shape index (κ3) is 9.62. The molecule has 1 saturated heterocycles. The number of esters is 1. The fourth-order valence-electron chi connectivity index (χ4n) is 2.47. The number of carbonyl (C=O) groups is 4. The van der Waals surface area contributed by atoms with Crippen molar-refractivity contribution < 1.29 is 28.7 Å². The summed E-state index contributed by atoms with van der Waals surface area (Å²) in [7, 11) is 0. The Balaban J connectivity index is 2.60. The highest BCUT2D eigenvalue weighted by Crippen LogP contribution is 2.16. The van der Waals surface area contributed by atoms with Crippen molar-refractivity contribution in [1.29, 1.82) is 0 Å². The predicted octanol–water partition coefficient (Wildman–Crippen LogP) is 0.641. The zero-order chi connectivity index (χ0) is 20.4. The molecule has 2 atom stereocenters. The lowest BCUT2D eigenvalue weighted by atomic mass is 9.98. The van der Waals surface area contributed by atoms with E-state index >= 15 is 0 Å². The summed E-state index contributed by atoms with van der Waals surface area (Å²) in [6, 6.07) is -0.545. The van der Waals surface area contributed by atoms with E-state index in [4.69, 9.17) is 9.47 Å². The van der Waals surface area contributed by atoms with Crippen LogP contribution in [0.25, 0.3) is 0 Å². The molecule has 0 radical (unpaired) electrons. The number of hydrogen-bond donors (Lipinski definition) is 3. The topological polar surface area (TPSA) is 123 Å². The molecule has 9 heteroatoms. The summed E-state index contributed by atoms with van der Waals surface area (Å²) in [5.41, 5.74) is -0.665. The molecule has 1 aliphatic heterocycles. The van der Waals surface area contributed by atoms with Gasteiger partial charge < -0.3 is 25.4 Å². The van der Waals surface area contributed by atoms with Gasteiger partial charge in [-0.1, -0.05) is 6.08 Å². The minimum atomic E-state index is -0.702. The summed E-state index contributed by atoms with van der Waals surface area (Å²) < 4.78 is 9.88. The van der Waals surface area contributed by atoms with E-state index in [1.165, 1.54) is 12.2 Å². The molecule has 0 aliphatic carbocycles. The van der Waals surface area contributed by atoms with Crippen LogP contribution in [-0.4, -0.2) is 55.2 Å². The molecule has 0 aromatic rings. The maximum atomic E-state index is 12.1. The van der Waals surface area contributed by atoms with Crippen LogP contribution in [0.15, 0.2) is 12.2 Å². The molecular formula is C18H29N3O6. The number of hydrogen-bond acceptors (Lipinski definition) is 6. The van der Waals surface area contributed by atoms with Gasteiger partial charge in [0.2, 0.25) is 11.8 Å². The quantitative estimate of drug-likeness (QED) is 0.418. The summed E-state index contributed by atoms with van der Waals surface area (Å²) in [5, 5.41) is 7.79. The molecule has 1 heterocycles. The molecule has 27 heavy (non-hydrogen) atoms. The van der Waals surface area contributed by atoms with E-state index in [0.717, 1.165) is 0 Å². The van der Waals surface area contributed by atoms with Crippen molar-refractivity contribution >= 4 is 23.9 Å². The Morgan fingerprint density at radius 1 is 1.33 bits per heavy atom. The Kier molecular flexibility index (Phi) is 8.77. The van der Waals surface area contributed by atoms with Crippen LogP contribution in [0.5, 0.6) is 0 Å². The predicted molar refractivity (Wildman–Crippen MR) is 97.7 cm³/mol. The fourth-order valence-corrected chi connectivity index (χ4v) is 2.47. The number of carbonyl (C=O) groups excluding carboxylic acids is 4. The van der Waals surface area contributed by atoms with E-state index in [0.29, 0.717) is 19.4 Å². The number of amides is 3. The molecule has 1 fully saturated rings. The van der Waals surface area contributed by atoms with Gasteiger partial charge in [-0.05, 0) is 40.5 Å². The molecule has 0 spiro atoms. The molecule has 0 bridgehead atoms. The van der Waals surface area contributed by atoms with Crippen LogP contribution in [-0.2, 0) is 23.9 Å². The molecule has 3 N–H and O–H groups in total. The fraction of sp³-hybridized carbons (Fsp3) is 0.667. The van der Waals surface area contributed by atoms with Gasteiger partial charge in [0.05, 0.1) is 6.61 Å². The number of alkyl carbamates (subject to hydrolysis) is 1. The van der Waals surface area contributed by atoms with Gasteiger partial charge in [0, 0.05) is 24.6 Å². The van der Waals surface area contributed by atoms with Crippen molar-refractivity contribution in [3.05, 3.63) is 12.2 Å². The second kappa shape index (κ2) is 10.5. The van der Waals surface area contributed by atoms with Crippen LogP contribution >= 0.6 is 0 Å². The Labute approximate surface area is 159 Å². The maximum absolute atomic E-state index is 12.1. The Bertz CT molecular complexity index is 582. The number of rotatable bonds is 8. The van der Waals surface area contributed by atoms with Crippen LogP contribution in [0.4, 0.5) is 4.79 Å². The second-order valence-electron chi connectivity index (χ2n) is 7.15. The minimum Gasteiger partial charge on any atom is -0.463 e. The lowest BCUT2D eigenvalue weighted by Gasteiger charge is -2.20. The second-order valence-corrected chi connectivity index (χ2v) is 7.15. The Hall–Kier alpha value is -2.58. The van der Waals surface area contributed by atoms with Crippen LogP contribution < -0.4 is 16.0 Å². The highest BCUT2D eigenvalue weighted by molar-refractivity contribution is 5.84. The number of ether oxygens (including phenoxy) is 2. The molecule has 0 saturated carbocycles. The van der Waals surface area contributed by atoms with Crippen LogP contribution in [0.1, 0.15) is 40.5 Å². The summed E-state index contributed by atoms with van der Waals surface area (Å²) >= 11 is 0. The molecular weight excluding hydrogens is 354 g/mol. The van der Waals surface area contributed by atoms with E-state index in [2.05, 4.69) is 16.0 Å². The lowest BCUT2D eigenvalue weighted by molar-refractivity contribution is -0.137. The van der Waals surface area contributed by atoms with Gasteiger partial charge in [-0.25, -0.2) is 9.59 Å². The van der Waals surface area contributed by atoms with Crippen LogP contribution in [0.3, 0.4) is 0 Å². The van der Waals surface area contributed by atoms with Gasteiger partial charge in [0.25, 0.3) is 0 Å². The van der Waals surface area contributed by atoms with Crippen molar-refractivity contribution in [3.63, 3.8) is 0 Å². The molecule has 1 rings (SSSR count). The van der Waals surface area contributed by atoms with E-state index in [-0.39, 0.29) is 25.0 Å².